The minimum absolute atomic E-state index is 0.255. The molecule has 0 saturated carbocycles. The van der Waals surface area contributed by atoms with Crippen LogP contribution in [0, 0.1) is 0 Å². The molecule has 9 heteroatoms. The molecule has 0 atom stereocenters. The Hall–Kier alpha value is -3.76. The zero-order valence-electron chi connectivity index (χ0n) is 20.7. The second-order valence-electron chi connectivity index (χ2n) is 8.80. The Kier molecular flexibility index (Phi) is 8.07. The van der Waals surface area contributed by atoms with Gasteiger partial charge in [0, 0.05) is 36.3 Å². The predicted molar refractivity (Wildman–Crippen MR) is 143 cm³/mol. The normalized spacial score (nSPS) is 16.1. The van der Waals surface area contributed by atoms with Crippen LogP contribution in [0.1, 0.15) is 5.56 Å². The van der Waals surface area contributed by atoms with Crippen LogP contribution in [0.2, 0.25) is 0 Å². The lowest BCUT2D eigenvalue weighted by atomic mass is 10.2. The molecule has 5 rings (SSSR count). The standard InChI is InChI=1S/C28H31N5O4/c1-2-28(34)30-23-4-3-5-25(16-23)33-21-37-20-32(27-17-29-11-10-26(27)33)24-8-6-22(7-9-24)18-36-19-31-12-14-35-15-13-31/h2-11,16-17H,1,12-15,18-21H2,(H,30,34). The van der Waals surface area contributed by atoms with Crippen LogP contribution in [-0.4, -0.2) is 62.3 Å². The van der Waals surface area contributed by atoms with Crippen LogP contribution in [0.15, 0.2) is 79.6 Å². The molecule has 2 aliphatic heterocycles. The zero-order valence-corrected chi connectivity index (χ0v) is 20.7. The van der Waals surface area contributed by atoms with Crippen molar-refractivity contribution < 1.29 is 19.0 Å². The molecule has 0 aliphatic carbocycles. The van der Waals surface area contributed by atoms with Gasteiger partial charge in [0.1, 0.15) is 13.5 Å². The van der Waals surface area contributed by atoms with Gasteiger partial charge in [-0.1, -0.05) is 24.8 Å². The number of nitrogens with one attached hydrogen (secondary N) is 1. The highest BCUT2D eigenvalue weighted by Crippen LogP contribution is 2.39. The fourth-order valence-electron chi connectivity index (χ4n) is 4.34. The fraction of sp³-hybridized carbons (Fsp3) is 0.286. The first-order chi connectivity index (χ1) is 18.2. The number of hydrogen-bond acceptors (Lipinski definition) is 8. The minimum Gasteiger partial charge on any atom is -0.379 e. The van der Waals surface area contributed by atoms with E-state index in [1.54, 1.807) is 6.20 Å². The number of amides is 1. The predicted octanol–water partition coefficient (Wildman–Crippen LogP) is 4.23. The zero-order chi connectivity index (χ0) is 25.5. The number of nitrogens with zero attached hydrogens (tertiary/aromatic N) is 4. The Labute approximate surface area is 216 Å². The molecule has 1 fully saturated rings. The first-order valence-electron chi connectivity index (χ1n) is 12.3. The van der Waals surface area contributed by atoms with Crippen LogP contribution in [-0.2, 0) is 25.6 Å². The van der Waals surface area contributed by atoms with E-state index in [9.17, 15) is 4.79 Å². The van der Waals surface area contributed by atoms with Gasteiger partial charge in [-0.3, -0.25) is 14.7 Å². The largest absolute Gasteiger partial charge is 0.379 e. The molecule has 3 aromatic rings. The number of pyridine rings is 1. The van der Waals surface area contributed by atoms with Gasteiger partial charge in [-0.05, 0) is 48.0 Å². The van der Waals surface area contributed by atoms with Crippen molar-refractivity contribution >= 4 is 34.3 Å². The van der Waals surface area contributed by atoms with Crippen LogP contribution in [0.5, 0.6) is 0 Å². The van der Waals surface area contributed by atoms with Gasteiger partial charge >= 0.3 is 0 Å². The third kappa shape index (κ3) is 6.15. The summed E-state index contributed by atoms with van der Waals surface area (Å²) < 4.78 is 17.4. The van der Waals surface area contributed by atoms with E-state index in [4.69, 9.17) is 14.2 Å². The van der Waals surface area contributed by atoms with E-state index < -0.39 is 0 Å². The number of benzene rings is 2. The summed E-state index contributed by atoms with van der Waals surface area (Å²) in [4.78, 5) is 22.6. The molecule has 2 aliphatic rings. The van der Waals surface area contributed by atoms with Crippen molar-refractivity contribution in [2.45, 2.75) is 6.61 Å². The second-order valence-corrected chi connectivity index (χ2v) is 8.80. The van der Waals surface area contributed by atoms with Crippen LogP contribution < -0.4 is 15.1 Å². The number of fused-ring (bicyclic) bond motifs is 1. The highest BCUT2D eigenvalue weighted by molar-refractivity contribution is 5.99. The lowest BCUT2D eigenvalue weighted by Crippen LogP contribution is -2.37. The number of ether oxygens (including phenoxy) is 3. The molecule has 0 bridgehead atoms. The average Bonchev–Trinajstić information content (AvgIpc) is 3.14. The highest BCUT2D eigenvalue weighted by Gasteiger charge is 2.23. The number of carbonyl (C=O) groups excluding carboxylic acids is 1. The minimum atomic E-state index is -0.255. The Morgan fingerprint density at radius 1 is 1.00 bits per heavy atom. The number of morpholine rings is 1. The van der Waals surface area contributed by atoms with Crippen LogP contribution in [0.4, 0.5) is 28.4 Å². The van der Waals surface area contributed by atoms with Crippen molar-refractivity contribution in [3.05, 3.63) is 85.2 Å². The van der Waals surface area contributed by atoms with Gasteiger partial charge in [0.15, 0.2) is 0 Å². The number of anilines is 5. The van der Waals surface area contributed by atoms with E-state index >= 15 is 0 Å². The molecule has 0 unspecified atom stereocenters. The van der Waals surface area contributed by atoms with Crippen molar-refractivity contribution in [3.63, 3.8) is 0 Å². The molecule has 2 aromatic carbocycles. The monoisotopic (exact) mass is 501 g/mol. The Balaban J connectivity index is 1.31. The molecule has 1 N–H and O–H groups in total. The maximum atomic E-state index is 11.8. The van der Waals surface area contributed by atoms with E-state index in [2.05, 4.69) is 55.8 Å². The summed E-state index contributed by atoms with van der Waals surface area (Å²) in [6, 6.07) is 17.9. The highest BCUT2D eigenvalue weighted by atomic mass is 16.5. The molecular formula is C28H31N5O4. The maximum Gasteiger partial charge on any atom is 0.247 e. The van der Waals surface area contributed by atoms with Crippen molar-refractivity contribution in [3.8, 4) is 0 Å². The molecule has 3 heterocycles. The van der Waals surface area contributed by atoms with Crippen LogP contribution >= 0.6 is 0 Å². The molecule has 37 heavy (non-hydrogen) atoms. The average molecular weight is 502 g/mol. The summed E-state index contributed by atoms with van der Waals surface area (Å²) in [5, 5.41) is 2.82. The van der Waals surface area contributed by atoms with Gasteiger partial charge in [-0.2, -0.15) is 0 Å². The Morgan fingerprint density at radius 2 is 1.78 bits per heavy atom. The third-order valence-electron chi connectivity index (χ3n) is 6.31. The van der Waals surface area contributed by atoms with E-state index in [1.165, 1.54) is 6.08 Å². The van der Waals surface area contributed by atoms with Crippen LogP contribution in [0.25, 0.3) is 0 Å². The molecule has 9 nitrogen and oxygen atoms in total. The lowest BCUT2D eigenvalue weighted by molar-refractivity contribution is -0.111. The third-order valence-corrected chi connectivity index (χ3v) is 6.31. The van der Waals surface area contributed by atoms with Gasteiger partial charge in [0.25, 0.3) is 0 Å². The molecule has 192 valence electrons. The van der Waals surface area contributed by atoms with Gasteiger partial charge in [0.05, 0.1) is 44.1 Å². The second kappa shape index (κ2) is 12.0. The smallest absolute Gasteiger partial charge is 0.247 e. The summed E-state index contributed by atoms with van der Waals surface area (Å²) in [6.07, 6.45) is 4.87. The molecule has 0 radical (unpaired) electrons. The molecule has 1 aromatic heterocycles. The molecular weight excluding hydrogens is 470 g/mol. The summed E-state index contributed by atoms with van der Waals surface area (Å²) in [7, 11) is 0. The Bertz CT molecular complexity index is 1210. The number of aromatic nitrogens is 1. The van der Waals surface area contributed by atoms with Gasteiger partial charge in [-0.25, -0.2) is 0 Å². The summed E-state index contributed by atoms with van der Waals surface area (Å²) >= 11 is 0. The topological polar surface area (TPSA) is 79.4 Å². The van der Waals surface area contributed by atoms with Gasteiger partial charge in [-0.15, -0.1) is 0 Å². The summed E-state index contributed by atoms with van der Waals surface area (Å²) in [6.45, 7) is 8.75. The van der Waals surface area contributed by atoms with Crippen LogP contribution in [0.3, 0.4) is 0 Å². The van der Waals surface area contributed by atoms with E-state index in [-0.39, 0.29) is 5.91 Å². The van der Waals surface area contributed by atoms with E-state index in [0.717, 1.165) is 54.6 Å². The van der Waals surface area contributed by atoms with Crippen molar-refractivity contribution in [1.82, 2.24) is 9.88 Å². The summed E-state index contributed by atoms with van der Waals surface area (Å²) in [5.41, 5.74) is 5.57. The van der Waals surface area contributed by atoms with Crippen molar-refractivity contribution in [1.29, 1.82) is 0 Å². The van der Waals surface area contributed by atoms with Gasteiger partial charge in [0.2, 0.25) is 5.91 Å². The van der Waals surface area contributed by atoms with E-state index in [0.29, 0.717) is 32.5 Å². The first-order valence-corrected chi connectivity index (χ1v) is 12.3. The first kappa shape index (κ1) is 24.9. The van der Waals surface area contributed by atoms with Gasteiger partial charge < -0.3 is 29.3 Å². The lowest BCUT2D eigenvalue weighted by Gasteiger charge is -2.26. The summed E-state index contributed by atoms with van der Waals surface area (Å²) in [5.74, 6) is -0.255. The number of rotatable bonds is 8. The quantitative estimate of drug-likeness (QED) is 0.460. The molecule has 1 amide bonds. The fourth-order valence-corrected chi connectivity index (χ4v) is 4.34. The van der Waals surface area contributed by atoms with E-state index in [1.807, 2.05) is 36.5 Å². The SMILES string of the molecule is C=CC(=O)Nc1cccc(N2COCN(c3ccc(COCN4CCOCC4)cc3)c3cnccc32)c1. The maximum absolute atomic E-state index is 11.8. The Morgan fingerprint density at radius 3 is 2.57 bits per heavy atom. The van der Waals surface area contributed by atoms with Crippen molar-refractivity contribution in [2.24, 2.45) is 0 Å². The number of carbonyl (C=O) groups is 1. The molecule has 0 spiro atoms. The molecule has 1 saturated heterocycles. The number of hydrogen-bond donors (Lipinski definition) is 1. The van der Waals surface area contributed by atoms with Crippen molar-refractivity contribution in [2.75, 3.05) is 61.6 Å².